The molecule has 7 nitrogen and oxygen atoms in total. The molecule has 0 bridgehead atoms. The first-order chi connectivity index (χ1) is 24.9. The van der Waals surface area contributed by atoms with E-state index in [9.17, 15) is 9.90 Å². The molecule has 0 aliphatic heterocycles. The Balaban J connectivity index is 1.22. The second kappa shape index (κ2) is 17.4. The highest BCUT2D eigenvalue weighted by Gasteiger charge is 2.25. The Kier molecular flexibility index (Phi) is 12.8. The number of aryl methyl sites for hydroxylation is 1. The summed E-state index contributed by atoms with van der Waals surface area (Å²) >= 11 is 0. The van der Waals surface area contributed by atoms with Crippen LogP contribution >= 0.6 is 0 Å². The number of hydrogen-bond acceptors (Lipinski definition) is 7. The molecule has 272 valence electrons. The van der Waals surface area contributed by atoms with Crippen molar-refractivity contribution in [1.82, 2.24) is 0 Å². The molecule has 2 atom stereocenters. The average molecular weight is 703 g/mol. The highest BCUT2D eigenvalue weighted by molar-refractivity contribution is 5.89. The molecule has 52 heavy (non-hydrogen) atoms. The van der Waals surface area contributed by atoms with Crippen molar-refractivity contribution >= 4 is 5.97 Å². The SMILES string of the molecule is COCC(O)COc1ccc(C(C)(C)c2ccc(OCC(COc3ccc(C(C)(C)c4ccc(C)cc4)cc3)OC(=O)c3ccccc3)cc2)cc1. The molecule has 0 aliphatic rings. The van der Waals surface area contributed by atoms with Crippen LogP contribution in [0.2, 0.25) is 0 Å². The largest absolute Gasteiger partial charge is 0.491 e. The van der Waals surface area contributed by atoms with Crippen LogP contribution in [0.15, 0.2) is 127 Å². The van der Waals surface area contributed by atoms with E-state index in [1.165, 1.54) is 16.7 Å². The summed E-state index contributed by atoms with van der Waals surface area (Å²) in [7, 11) is 1.55. The molecule has 0 heterocycles. The fraction of sp³-hybridized carbons (Fsp3) is 0.311. The van der Waals surface area contributed by atoms with Gasteiger partial charge >= 0.3 is 5.97 Å². The number of carbonyl (C=O) groups is 1. The smallest absolute Gasteiger partial charge is 0.338 e. The third kappa shape index (κ3) is 10.0. The molecule has 2 unspecified atom stereocenters. The zero-order valence-corrected chi connectivity index (χ0v) is 31.0. The molecule has 5 rings (SSSR count). The van der Waals surface area contributed by atoms with Gasteiger partial charge in [-0.15, -0.1) is 0 Å². The van der Waals surface area contributed by atoms with Crippen LogP contribution in [0.25, 0.3) is 0 Å². The quantitative estimate of drug-likeness (QED) is 0.0971. The van der Waals surface area contributed by atoms with Gasteiger partial charge in [0.05, 0.1) is 12.2 Å². The Morgan fingerprint density at radius 3 is 1.35 bits per heavy atom. The number of carbonyl (C=O) groups excluding carboxylic acids is 1. The normalized spacial score (nSPS) is 12.8. The van der Waals surface area contributed by atoms with E-state index in [0.717, 1.165) is 11.1 Å². The molecular weight excluding hydrogens is 652 g/mol. The highest BCUT2D eigenvalue weighted by atomic mass is 16.6. The molecule has 0 spiro atoms. The average Bonchev–Trinajstić information content (AvgIpc) is 3.16. The van der Waals surface area contributed by atoms with Gasteiger partial charge in [-0.1, -0.05) is 112 Å². The van der Waals surface area contributed by atoms with Crippen LogP contribution < -0.4 is 14.2 Å². The van der Waals surface area contributed by atoms with Crippen molar-refractivity contribution < 1.29 is 33.6 Å². The van der Waals surface area contributed by atoms with Crippen LogP contribution in [0.5, 0.6) is 17.2 Å². The predicted octanol–water partition coefficient (Wildman–Crippen LogP) is 8.72. The maximum atomic E-state index is 13.0. The van der Waals surface area contributed by atoms with Crippen molar-refractivity contribution in [2.45, 2.75) is 57.7 Å². The van der Waals surface area contributed by atoms with Crippen LogP contribution in [0.4, 0.5) is 0 Å². The summed E-state index contributed by atoms with van der Waals surface area (Å²) in [5.74, 6) is 1.58. The van der Waals surface area contributed by atoms with Gasteiger partial charge in [0.2, 0.25) is 0 Å². The fourth-order valence-electron chi connectivity index (χ4n) is 5.93. The Hall–Kier alpha value is -5.11. The maximum Gasteiger partial charge on any atom is 0.338 e. The van der Waals surface area contributed by atoms with Crippen molar-refractivity contribution in [2.24, 2.45) is 0 Å². The summed E-state index contributed by atoms with van der Waals surface area (Å²) in [6.07, 6.45) is -1.34. The van der Waals surface area contributed by atoms with E-state index < -0.39 is 18.2 Å². The second-order valence-electron chi connectivity index (χ2n) is 14.1. The van der Waals surface area contributed by atoms with Crippen LogP contribution in [0.1, 0.15) is 65.9 Å². The summed E-state index contributed by atoms with van der Waals surface area (Å²) in [5.41, 5.74) is 5.86. The number of methoxy groups -OCH3 is 1. The monoisotopic (exact) mass is 702 g/mol. The molecule has 5 aromatic carbocycles. The first-order valence-corrected chi connectivity index (χ1v) is 17.7. The Labute approximate surface area is 308 Å². The lowest BCUT2D eigenvalue weighted by Crippen LogP contribution is -2.31. The molecule has 0 fully saturated rings. The molecule has 0 aliphatic carbocycles. The van der Waals surface area contributed by atoms with Crippen molar-refractivity contribution in [3.05, 3.63) is 161 Å². The summed E-state index contributed by atoms with van der Waals surface area (Å²) in [4.78, 5) is 13.0. The van der Waals surface area contributed by atoms with E-state index in [4.69, 9.17) is 23.7 Å². The molecule has 1 N–H and O–H groups in total. The Morgan fingerprint density at radius 2 is 0.942 bits per heavy atom. The molecule has 7 heteroatoms. The molecule has 5 aromatic rings. The molecule has 0 aromatic heterocycles. The van der Waals surface area contributed by atoms with E-state index in [0.29, 0.717) is 22.8 Å². The van der Waals surface area contributed by atoms with Gasteiger partial charge in [-0.2, -0.15) is 0 Å². The van der Waals surface area contributed by atoms with Gasteiger partial charge in [0.1, 0.15) is 43.2 Å². The summed E-state index contributed by atoms with van der Waals surface area (Å²) < 4.78 is 28.9. The zero-order valence-electron chi connectivity index (χ0n) is 31.0. The third-order valence-electron chi connectivity index (χ3n) is 9.46. The Morgan fingerprint density at radius 1 is 0.558 bits per heavy atom. The Bertz CT molecular complexity index is 1830. The van der Waals surface area contributed by atoms with E-state index >= 15 is 0 Å². The number of rotatable bonds is 17. The third-order valence-corrected chi connectivity index (χ3v) is 9.46. The van der Waals surface area contributed by atoms with Crippen molar-refractivity contribution in [3.63, 3.8) is 0 Å². The van der Waals surface area contributed by atoms with Crippen LogP contribution in [-0.2, 0) is 20.3 Å². The molecule has 0 radical (unpaired) electrons. The summed E-state index contributed by atoms with van der Waals surface area (Å²) in [6.45, 7) is 11.5. The van der Waals surface area contributed by atoms with Crippen LogP contribution in [0, 0.1) is 6.92 Å². The van der Waals surface area contributed by atoms with Gasteiger partial charge in [-0.25, -0.2) is 4.79 Å². The summed E-state index contributed by atoms with van der Waals surface area (Å²) in [5, 5.41) is 9.87. The standard InChI is InChI=1S/C45H50O7/c1-32-12-14-34(15-13-32)44(2,3)35-18-24-40(25-19-35)50-30-42(52-43(47)33-10-8-7-9-11-33)31-51-41-26-20-37(21-27-41)45(4,5)36-16-22-39(23-17-36)49-29-38(46)28-48-6/h7-27,38,42,46H,28-31H2,1-6H3. The van der Waals surface area contributed by atoms with E-state index in [1.54, 1.807) is 31.4 Å². The first kappa shape index (κ1) is 38.1. The van der Waals surface area contributed by atoms with Gasteiger partial charge in [0.15, 0.2) is 6.10 Å². The number of hydrogen-bond donors (Lipinski definition) is 1. The summed E-state index contributed by atoms with van der Waals surface area (Å²) in [6, 6.07) is 41.5. The number of benzene rings is 5. The lowest BCUT2D eigenvalue weighted by Gasteiger charge is -2.27. The molecular formula is C45H50O7. The van der Waals surface area contributed by atoms with E-state index in [1.807, 2.05) is 66.7 Å². The maximum absolute atomic E-state index is 13.0. The van der Waals surface area contributed by atoms with Gasteiger partial charge in [0.25, 0.3) is 0 Å². The van der Waals surface area contributed by atoms with Crippen molar-refractivity contribution in [2.75, 3.05) is 33.5 Å². The minimum atomic E-state index is -0.680. The van der Waals surface area contributed by atoms with Gasteiger partial charge in [-0.3, -0.25) is 0 Å². The highest BCUT2D eigenvalue weighted by Crippen LogP contribution is 2.34. The minimum Gasteiger partial charge on any atom is -0.491 e. The lowest BCUT2D eigenvalue weighted by molar-refractivity contribution is 0.00257. The zero-order chi connectivity index (χ0) is 37.1. The first-order valence-electron chi connectivity index (χ1n) is 17.7. The molecule has 0 amide bonds. The number of aliphatic hydroxyl groups excluding tert-OH is 1. The minimum absolute atomic E-state index is 0.112. The fourth-order valence-corrected chi connectivity index (χ4v) is 5.93. The van der Waals surface area contributed by atoms with Crippen molar-refractivity contribution in [1.29, 1.82) is 0 Å². The molecule has 0 saturated heterocycles. The lowest BCUT2D eigenvalue weighted by atomic mass is 9.78. The van der Waals surface area contributed by atoms with Crippen molar-refractivity contribution in [3.8, 4) is 17.2 Å². The number of ether oxygens (including phenoxy) is 5. The number of esters is 1. The van der Waals surface area contributed by atoms with Gasteiger partial charge in [0, 0.05) is 17.9 Å². The van der Waals surface area contributed by atoms with E-state index in [2.05, 4.69) is 71.0 Å². The number of aliphatic hydroxyl groups is 1. The predicted molar refractivity (Wildman–Crippen MR) is 205 cm³/mol. The van der Waals surface area contributed by atoms with Crippen LogP contribution in [0.3, 0.4) is 0 Å². The van der Waals surface area contributed by atoms with E-state index in [-0.39, 0.29) is 37.3 Å². The van der Waals surface area contributed by atoms with Gasteiger partial charge < -0.3 is 28.8 Å². The topological polar surface area (TPSA) is 83.5 Å². The van der Waals surface area contributed by atoms with Gasteiger partial charge in [-0.05, 0) is 77.7 Å². The second-order valence-corrected chi connectivity index (χ2v) is 14.1. The van der Waals surface area contributed by atoms with Crippen LogP contribution in [-0.4, -0.2) is 56.8 Å². The molecule has 0 saturated carbocycles.